The van der Waals surface area contributed by atoms with Gasteiger partial charge in [-0.2, -0.15) is 0 Å². The lowest BCUT2D eigenvalue weighted by Gasteiger charge is -2.70. The zero-order chi connectivity index (χ0) is 37.7. The molecule has 4 aliphatic heterocycles. The highest BCUT2D eigenvalue weighted by Gasteiger charge is 2.83. The summed E-state index contributed by atoms with van der Waals surface area (Å²) >= 11 is 0. The summed E-state index contributed by atoms with van der Waals surface area (Å²) in [6.45, 7) is 4.34. The van der Waals surface area contributed by atoms with Crippen LogP contribution in [0.15, 0.2) is 23.3 Å². The van der Waals surface area contributed by atoms with Crippen molar-refractivity contribution in [3.63, 3.8) is 0 Å². The Kier molecular flexibility index (Phi) is 6.59. The minimum atomic E-state index is -1.24. The molecule has 0 aromatic heterocycles. The number of hydrogen-bond donors (Lipinski definition) is 2. The first-order chi connectivity index (χ1) is 25.6. The van der Waals surface area contributed by atoms with Gasteiger partial charge < -0.3 is 29.2 Å². The standard InChI is InChI=1S/2C22H28O5/c2*1-18-9-10-19(26-2)11-14(18)3-5-15-21(25)8-7-13-4-6-16(23)20(13,21)12-17(24)22(15,18)27-19/h2*5,13-14,25H,3-4,6-12H2,1-2H3/t2*13-,14+,18-,19+,20+,21-,22-/m00/s1. The van der Waals surface area contributed by atoms with Crippen LogP contribution in [0.2, 0.25) is 0 Å². The van der Waals surface area contributed by atoms with E-state index in [1.54, 1.807) is 14.2 Å². The van der Waals surface area contributed by atoms with Crippen molar-refractivity contribution < 1.29 is 48.3 Å². The van der Waals surface area contributed by atoms with Crippen LogP contribution >= 0.6 is 0 Å². The van der Waals surface area contributed by atoms with Crippen molar-refractivity contribution >= 4 is 23.1 Å². The second-order valence-corrected chi connectivity index (χ2v) is 20.4. The Morgan fingerprint density at radius 3 is 1.37 bits per heavy atom. The summed E-state index contributed by atoms with van der Waals surface area (Å²) in [5.74, 6) is -0.421. The number of carbonyl (C=O) groups is 4. The van der Waals surface area contributed by atoms with Gasteiger partial charge in [0.15, 0.2) is 34.3 Å². The highest BCUT2D eigenvalue weighted by molar-refractivity contribution is 6.04. The first-order valence-corrected chi connectivity index (χ1v) is 21.1. The lowest BCUT2D eigenvalue weighted by atomic mass is 9.42. The van der Waals surface area contributed by atoms with Crippen LogP contribution in [0.3, 0.4) is 0 Å². The Labute approximate surface area is 317 Å². The number of ketones is 4. The third kappa shape index (κ3) is 3.31. The summed E-state index contributed by atoms with van der Waals surface area (Å²) in [6, 6.07) is 0. The summed E-state index contributed by atoms with van der Waals surface area (Å²) in [5.41, 5.74) is -5.78. The Balaban J connectivity index is 0.000000126. The van der Waals surface area contributed by atoms with Gasteiger partial charge in [-0.3, -0.25) is 19.2 Å². The maximum absolute atomic E-state index is 13.9. The van der Waals surface area contributed by atoms with E-state index in [1.165, 1.54) is 0 Å². The molecule has 0 amide bonds. The van der Waals surface area contributed by atoms with Gasteiger partial charge in [0.2, 0.25) is 0 Å². The number of carbonyl (C=O) groups excluding carboxylic acids is 4. The van der Waals surface area contributed by atoms with Crippen molar-refractivity contribution in [2.24, 2.45) is 45.3 Å². The number of fused-ring (bicyclic) bond motifs is 4. The van der Waals surface area contributed by atoms with Crippen LogP contribution in [-0.4, -0.2) is 81.5 Å². The SMILES string of the molecule is CO[C@]12CC[C@@]3(C)[C@H](CC=C4[C@]3(O1)C(=O)C[C@]13C(=O)CC[C@H]1CC[C@]43O)C2.CO[C@]12CC[C@@]3(C)[C@H](CC=C4[C@]3(O1)C(=O)C[C@]13C(=O)CC[C@H]1CC[C@]43O)C2. The zero-order valence-corrected chi connectivity index (χ0v) is 32.4. The molecule has 14 aliphatic rings. The number of allylic oxidation sites excluding steroid dienone is 2. The van der Waals surface area contributed by atoms with E-state index in [-0.39, 0.29) is 58.6 Å². The van der Waals surface area contributed by atoms with Crippen molar-refractivity contribution in [2.45, 2.75) is 163 Å². The van der Waals surface area contributed by atoms with E-state index in [9.17, 15) is 29.4 Å². The van der Waals surface area contributed by atoms with Crippen LogP contribution in [0.4, 0.5) is 0 Å². The van der Waals surface area contributed by atoms with Crippen LogP contribution in [0.5, 0.6) is 0 Å². The molecule has 4 heterocycles. The third-order valence-corrected chi connectivity index (χ3v) is 19.5. The van der Waals surface area contributed by atoms with Crippen LogP contribution < -0.4 is 0 Å². The molecule has 0 radical (unpaired) electrons. The van der Waals surface area contributed by atoms with Crippen molar-refractivity contribution in [3.8, 4) is 0 Å². The Hall–Kier alpha value is -2.08. The first kappa shape index (κ1) is 35.1. The molecule has 12 fully saturated rings. The van der Waals surface area contributed by atoms with Gasteiger partial charge in [-0.1, -0.05) is 26.0 Å². The fourth-order valence-electron chi connectivity index (χ4n) is 16.7. The van der Waals surface area contributed by atoms with Crippen molar-refractivity contribution in [1.29, 1.82) is 0 Å². The molecule has 54 heavy (non-hydrogen) atoms. The van der Waals surface area contributed by atoms with Crippen molar-refractivity contribution in [1.82, 2.24) is 0 Å². The largest absolute Gasteiger partial charge is 0.384 e. The van der Waals surface area contributed by atoms with Crippen LogP contribution in [0.1, 0.15) is 129 Å². The topological polar surface area (TPSA) is 146 Å². The Bertz CT molecular complexity index is 1770. The first-order valence-electron chi connectivity index (χ1n) is 21.1. The number of aliphatic hydroxyl groups is 2. The van der Waals surface area contributed by atoms with Crippen molar-refractivity contribution in [3.05, 3.63) is 23.3 Å². The predicted molar refractivity (Wildman–Crippen MR) is 191 cm³/mol. The maximum atomic E-state index is 13.9. The fraction of sp³-hybridized carbons (Fsp3) is 0.818. The summed E-state index contributed by atoms with van der Waals surface area (Å²) < 4.78 is 25.0. The molecular formula is C44H56O10. The molecule has 14 atom stereocenters. The molecule has 14 rings (SSSR count). The fourth-order valence-corrected chi connectivity index (χ4v) is 16.7. The normalized spacial score (nSPS) is 58.0. The average molecular weight is 745 g/mol. The lowest BCUT2D eigenvalue weighted by molar-refractivity contribution is -0.374. The average Bonchev–Trinajstić information content (AvgIpc) is 3.83. The molecule has 10 heteroatoms. The molecule has 4 saturated heterocycles. The molecule has 10 nitrogen and oxygen atoms in total. The molecular weight excluding hydrogens is 688 g/mol. The second-order valence-electron chi connectivity index (χ2n) is 20.4. The molecule has 8 bridgehead atoms. The molecule has 8 saturated carbocycles. The molecule has 0 unspecified atom stereocenters. The van der Waals surface area contributed by atoms with E-state index in [1.807, 2.05) is 0 Å². The molecule has 0 aromatic carbocycles. The van der Waals surface area contributed by atoms with E-state index < -0.39 is 44.8 Å². The maximum Gasteiger partial charge on any atom is 0.170 e. The van der Waals surface area contributed by atoms with E-state index in [0.29, 0.717) is 48.7 Å². The van der Waals surface area contributed by atoms with Crippen LogP contribution in [0.25, 0.3) is 0 Å². The summed E-state index contributed by atoms with van der Waals surface area (Å²) in [5, 5.41) is 24.2. The highest BCUT2D eigenvalue weighted by Crippen LogP contribution is 2.76. The summed E-state index contributed by atoms with van der Waals surface area (Å²) in [7, 11) is 3.33. The smallest absolute Gasteiger partial charge is 0.170 e. The molecule has 2 N–H and O–H groups in total. The monoisotopic (exact) mass is 744 g/mol. The van der Waals surface area contributed by atoms with Gasteiger partial charge >= 0.3 is 0 Å². The molecule has 292 valence electrons. The van der Waals surface area contributed by atoms with Crippen LogP contribution in [0, 0.1) is 45.3 Å². The minimum absolute atomic E-state index is 0.00796. The minimum Gasteiger partial charge on any atom is -0.384 e. The molecule has 0 aromatic rings. The summed E-state index contributed by atoms with van der Waals surface area (Å²) in [4.78, 5) is 53.9. The van der Waals surface area contributed by atoms with Gasteiger partial charge in [-0.25, -0.2) is 0 Å². The second kappa shape index (κ2) is 10.1. The van der Waals surface area contributed by atoms with Gasteiger partial charge in [0.05, 0.1) is 10.8 Å². The van der Waals surface area contributed by atoms with E-state index in [4.69, 9.17) is 18.9 Å². The molecule has 4 spiro atoms. The van der Waals surface area contributed by atoms with Gasteiger partial charge in [0.25, 0.3) is 0 Å². The highest BCUT2D eigenvalue weighted by atomic mass is 16.7. The van der Waals surface area contributed by atoms with E-state index in [0.717, 1.165) is 77.0 Å². The van der Waals surface area contributed by atoms with E-state index >= 15 is 0 Å². The van der Waals surface area contributed by atoms with E-state index in [2.05, 4.69) is 26.0 Å². The Morgan fingerprint density at radius 2 is 0.981 bits per heavy atom. The summed E-state index contributed by atoms with van der Waals surface area (Å²) in [6.07, 6.45) is 16.3. The third-order valence-electron chi connectivity index (χ3n) is 19.5. The van der Waals surface area contributed by atoms with Gasteiger partial charge in [0.1, 0.15) is 22.8 Å². The zero-order valence-electron chi connectivity index (χ0n) is 32.4. The van der Waals surface area contributed by atoms with Gasteiger partial charge in [-0.05, 0) is 99.0 Å². The number of rotatable bonds is 2. The van der Waals surface area contributed by atoms with Crippen LogP contribution in [-0.2, 0) is 38.1 Å². The number of methoxy groups -OCH3 is 2. The molecule has 10 aliphatic carbocycles. The predicted octanol–water partition coefficient (Wildman–Crippen LogP) is 5.40. The number of ether oxygens (including phenoxy) is 4. The van der Waals surface area contributed by atoms with Gasteiger partial charge in [0, 0.05) is 76.4 Å². The number of Topliss-reactive ketones (excluding diaryl/α,β-unsaturated/α-hetero) is 4. The quantitative estimate of drug-likeness (QED) is 0.353. The van der Waals surface area contributed by atoms with Crippen molar-refractivity contribution in [2.75, 3.05) is 14.2 Å². The number of hydrogen-bond acceptors (Lipinski definition) is 10. The Morgan fingerprint density at radius 1 is 0.574 bits per heavy atom. The van der Waals surface area contributed by atoms with Gasteiger partial charge in [-0.15, -0.1) is 0 Å². The lowest BCUT2D eigenvalue weighted by Crippen LogP contribution is -2.78.